The molecule has 0 radical (unpaired) electrons. The first-order valence-electron chi connectivity index (χ1n) is 5.55. The molecule has 1 fully saturated rings. The topological polar surface area (TPSA) is 50.4 Å². The van der Waals surface area contributed by atoms with Crippen molar-refractivity contribution in [2.24, 2.45) is 0 Å². The second-order valence-corrected chi connectivity index (χ2v) is 4.46. The van der Waals surface area contributed by atoms with Crippen LogP contribution < -0.4 is 10.6 Å². The molecule has 1 aromatic carbocycles. The van der Waals surface area contributed by atoms with Gasteiger partial charge in [0, 0.05) is 6.54 Å². The summed E-state index contributed by atoms with van der Waals surface area (Å²) in [7, 11) is 0. The van der Waals surface area contributed by atoms with Crippen LogP contribution in [0.4, 0.5) is 5.69 Å². The van der Waals surface area contributed by atoms with Crippen LogP contribution in [0.15, 0.2) is 18.2 Å². The fourth-order valence-electron chi connectivity index (χ4n) is 1.68. The van der Waals surface area contributed by atoms with Gasteiger partial charge in [-0.3, -0.25) is 4.79 Å². The number of rotatable bonds is 2. The number of anilines is 1. The highest BCUT2D eigenvalue weighted by atomic mass is 35.5. The lowest BCUT2D eigenvalue weighted by atomic mass is 10.2. The molecule has 0 aliphatic carbocycles. The Morgan fingerprint density at radius 3 is 3.06 bits per heavy atom. The molecule has 1 aliphatic rings. The van der Waals surface area contributed by atoms with Crippen molar-refractivity contribution in [2.75, 3.05) is 25.1 Å². The number of carbonyl (C=O) groups is 1. The van der Waals surface area contributed by atoms with Gasteiger partial charge >= 0.3 is 0 Å². The molecule has 0 bridgehead atoms. The number of halogens is 1. The highest BCUT2D eigenvalue weighted by molar-refractivity contribution is 6.33. The van der Waals surface area contributed by atoms with E-state index in [1.165, 1.54) is 0 Å². The molecule has 2 rings (SSSR count). The van der Waals surface area contributed by atoms with E-state index < -0.39 is 0 Å². The molecule has 1 aliphatic heterocycles. The van der Waals surface area contributed by atoms with E-state index in [2.05, 4.69) is 10.6 Å². The van der Waals surface area contributed by atoms with Crippen molar-refractivity contribution in [3.05, 3.63) is 28.8 Å². The minimum absolute atomic E-state index is 0.115. The van der Waals surface area contributed by atoms with Gasteiger partial charge in [0.05, 0.1) is 23.9 Å². The van der Waals surface area contributed by atoms with Crippen LogP contribution in [-0.2, 0) is 9.53 Å². The van der Waals surface area contributed by atoms with Crippen LogP contribution in [0.1, 0.15) is 5.56 Å². The van der Waals surface area contributed by atoms with E-state index in [-0.39, 0.29) is 11.9 Å². The van der Waals surface area contributed by atoms with E-state index in [4.69, 9.17) is 16.3 Å². The quantitative estimate of drug-likeness (QED) is 0.843. The molecule has 1 unspecified atom stereocenters. The third-order valence-corrected chi connectivity index (χ3v) is 2.93. The van der Waals surface area contributed by atoms with Gasteiger partial charge < -0.3 is 15.4 Å². The van der Waals surface area contributed by atoms with E-state index in [0.717, 1.165) is 5.56 Å². The third kappa shape index (κ3) is 3.19. The Kier molecular flexibility index (Phi) is 3.99. The number of hydrogen-bond donors (Lipinski definition) is 2. The van der Waals surface area contributed by atoms with Crippen LogP contribution in [0, 0.1) is 6.92 Å². The smallest absolute Gasteiger partial charge is 0.243 e. The number of amides is 1. The molecular weight excluding hydrogens is 240 g/mol. The van der Waals surface area contributed by atoms with Crippen molar-refractivity contribution < 1.29 is 9.53 Å². The average molecular weight is 255 g/mol. The van der Waals surface area contributed by atoms with Gasteiger partial charge in [0.1, 0.15) is 6.04 Å². The molecule has 2 N–H and O–H groups in total. The molecule has 1 aromatic rings. The highest BCUT2D eigenvalue weighted by Crippen LogP contribution is 2.22. The van der Waals surface area contributed by atoms with Gasteiger partial charge in [-0.05, 0) is 24.6 Å². The van der Waals surface area contributed by atoms with Crippen molar-refractivity contribution >= 4 is 23.2 Å². The van der Waals surface area contributed by atoms with Gasteiger partial charge in [0.15, 0.2) is 0 Å². The lowest BCUT2D eigenvalue weighted by Crippen LogP contribution is -2.48. The first-order valence-corrected chi connectivity index (χ1v) is 5.93. The van der Waals surface area contributed by atoms with Crippen LogP contribution in [0.5, 0.6) is 0 Å². The summed E-state index contributed by atoms with van der Waals surface area (Å²) >= 11 is 6.05. The fourth-order valence-corrected chi connectivity index (χ4v) is 1.96. The third-order valence-electron chi connectivity index (χ3n) is 2.62. The van der Waals surface area contributed by atoms with Crippen LogP contribution in [0.2, 0.25) is 5.02 Å². The maximum Gasteiger partial charge on any atom is 0.243 e. The summed E-state index contributed by atoms with van der Waals surface area (Å²) in [5, 5.41) is 6.43. The molecule has 1 atom stereocenters. The SMILES string of the molecule is Cc1ccc(NC(=O)C2COCCN2)c(Cl)c1. The summed E-state index contributed by atoms with van der Waals surface area (Å²) in [6, 6.07) is 5.23. The number of hydrogen-bond acceptors (Lipinski definition) is 3. The molecule has 92 valence electrons. The van der Waals surface area contributed by atoms with Crippen LogP contribution in [0.3, 0.4) is 0 Å². The highest BCUT2D eigenvalue weighted by Gasteiger charge is 2.21. The van der Waals surface area contributed by atoms with Crippen molar-refractivity contribution in [3.63, 3.8) is 0 Å². The Hall–Kier alpha value is -1.10. The lowest BCUT2D eigenvalue weighted by molar-refractivity contribution is -0.120. The summed E-state index contributed by atoms with van der Waals surface area (Å²) < 4.78 is 5.23. The van der Waals surface area contributed by atoms with Crippen molar-refractivity contribution in [1.82, 2.24) is 5.32 Å². The molecule has 0 saturated carbocycles. The monoisotopic (exact) mass is 254 g/mol. The average Bonchev–Trinajstić information content (AvgIpc) is 2.34. The van der Waals surface area contributed by atoms with E-state index in [9.17, 15) is 4.79 Å². The van der Waals surface area contributed by atoms with E-state index in [0.29, 0.717) is 30.5 Å². The lowest BCUT2D eigenvalue weighted by Gasteiger charge is -2.23. The van der Waals surface area contributed by atoms with Crippen molar-refractivity contribution in [1.29, 1.82) is 0 Å². The van der Waals surface area contributed by atoms with Gasteiger partial charge in [-0.25, -0.2) is 0 Å². The number of aryl methyl sites for hydroxylation is 1. The number of carbonyl (C=O) groups excluding carboxylic acids is 1. The molecule has 1 heterocycles. The first kappa shape index (κ1) is 12.4. The maximum atomic E-state index is 11.9. The zero-order valence-corrected chi connectivity index (χ0v) is 10.4. The molecule has 1 saturated heterocycles. The van der Waals surface area contributed by atoms with Gasteiger partial charge in [0.25, 0.3) is 0 Å². The molecule has 1 amide bonds. The zero-order chi connectivity index (χ0) is 12.3. The normalized spacial score (nSPS) is 20.0. The Morgan fingerprint density at radius 1 is 1.59 bits per heavy atom. The minimum atomic E-state index is -0.305. The van der Waals surface area contributed by atoms with Crippen LogP contribution >= 0.6 is 11.6 Å². The number of nitrogens with one attached hydrogen (secondary N) is 2. The Labute approximate surface area is 105 Å². The molecule has 0 aromatic heterocycles. The second-order valence-electron chi connectivity index (χ2n) is 4.05. The van der Waals surface area contributed by atoms with Crippen molar-refractivity contribution in [2.45, 2.75) is 13.0 Å². The molecule has 5 heteroatoms. The molecular formula is C12H15ClN2O2. The van der Waals surface area contributed by atoms with Gasteiger partial charge in [-0.15, -0.1) is 0 Å². The predicted octanol–water partition coefficient (Wildman–Crippen LogP) is 1.58. The van der Waals surface area contributed by atoms with Crippen LogP contribution in [0.25, 0.3) is 0 Å². The fraction of sp³-hybridized carbons (Fsp3) is 0.417. The summed E-state index contributed by atoms with van der Waals surface area (Å²) in [6.45, 7) is 3.69. The largest absolute Gasteiger partial charge is 0.378 e. The van der Waals surface area contributed by atoms with Crippen molar-refractivity contribution in [3.8, 4) is 0 Å². The Bertz CT molecular complexity index is 417. The second kappa shape index (κ2) is 5.49. The van der Waals surface area contributed by atoms with Crippen LogP contribution in [-0.4, -0.2) is 31.7 Å². The predicted molar refractivity (Wildman–Crippen MR) is 67.4 cm³/mol. The minimum Gasteiger partial charge on any atom is -0.378 e. The van der Waals surface area contributed by atoms with E-state index in [1.807, 2.05) is 19.1 Å². The van der Waals surface area contributed by atoms with E-state index >= 15 is 0 Å². The summed E-state index contributed by atoms with van der Waals surface area (Å²) in [4.78, 5) is 11.9. The van der Waals surface area contributed by atoms with Gasteiger partial charge in [-0.1, -0.05) is 17.7 Å². The van der Waals surface area contributed by atoms with Gasteiger partial charge in [-0.2, -0.15) is 0 Å². The Balaban J connectivity index is 2.02. The summed E-state index contributed by atoms with van der Waals surface area (Å²) in [6.07, 6.45) is 0. The molecule has 0 spiro atoms. The Morgan fingerprint density at radius 2 is 2.41 bits per heavy atom. The summed E-state index contributed by atoms with van der Waals surface area (Å²) in [5.74, 6) is -0.115. The van der Waals surface area contributed by atoms with Gasteiger partial charge in [0.2, 0.25) is 5.91 Å². The number of benzene rings is 1. The molecule has 4 nitrogen and oxygen atoms in total. The maximum absolute atomic E-state index is 11.9. The van der Waals surface area contributed by atoms with E-state index in [1.54, 1.807) is 6.07 Å². The zero-order valence-electron chi connectivity index (χ0n) is 9.63. The first-order chi connectivity index (χ1) is 8.16. The standard InChI is InChI=1S/C12H15ClN2O2/c1-8-2-3-10(9(13)6-8)15-12(16)11-7-17-5-4-14-11/h2-3,6,11,14H,4-5,7H2,1H3,(H,15,16). The molecule has 17 heavy (non-hydrogen) atoms. The number of morpholine rings is 1. The number of ether oxygens (including phenoxy) is 1. The summed E-state index contributed by atoms with van der Waals surface area (Å²) in [5.41, 5.74) is 1.70.